The van der Waals surface area contributed by atoms with E-state index in [2.05, 4.69) is 33.1 Å². The quantitative estimate of drug-likeness (QED) is 0.779. The maximum absolute atomic E-state index is 5.78. The molecule has 1 heterocycles. The minimum absolute atomic E-state index is 0.588. The predicted molar refractivity (Wildman–Crippen MR) is 86.1 cm³/mol. The van der Waals surface area contributed by atoms with Crippen molar-refractivity contribution in [2.24, 2.45) is 5.73 Å². The van der Waals surface area contributed by atoms with Gasteiger partial charge in [-0.1, -0.05) is 42.5 Å². The Kier molecular flexibility index (Phi) is 4.07. The highest BCUT2D eigenvalue weighted by Crippen LogP contribution is 2.23. The van der Waals surface area contributed by atoms with E-state index in [1.807, 2.05) is 36.4 Å². The summed E-state index contributed by atoms with van der Waals surface area (Å²) < 4.78 is 0. The van der Waals surface area contributed by atoms with E-state index in [4.69, 9.17) is 5.73 Å². The summed E-state index contributed by atoms with van der Waals surface area (Å²) in [5.41, 5.74) is 7.98. The molecule has 0 amide bonds. The maximum atomic E-state index is 5.78. The van der Waals surface area contributed by atoms with Crippen molar-refractivity contribution in [1.29, 1.82) is 0 Å². The number of rotatable bonds is 5. The Morgan fingerprint density at radius 3 is 2.48 bits per heavy atom. The van der Waals surface area contributed by atoms with Crippen LogP contribution >= 0.6 is 0 Å². The van der Waals surface area contributed by atoms with Crippen LogP contribution < -0.4 is 10.6 Å². The number of para-hydroxylation sites is 1. The second-order valence-corrected chi connectivity index (χ2v) is 4.91. The molecule has 2 aromatic carbocycles. The molecule has 0 unspecified atom stereocenters. The van der Waals surface area contributed by atoms with Crippen molar-refractivity contribution in [1.82, 2.24) is 9.97 Å². The average molecular weight is 278 g/mol. The van der Waals surface area contributed by atoms with Crippen LogP contribution in [0.25, 0.3) is 10.9 Å². The molecule has 3 aromatic rings. The molecular weight excluding hydrogens is 260 g/mol. The predicted octanol–water partition coefficient (Wildman–Crippen LogP) is 2.60. The molecule has 4 nitrogen and oxygen atoms in total. The van der Waals surface area contributed by atoms with Gasteiger partial charge in [0.15, 0.2) is 0 Å². The normalized spacial score (nSPS) is 10.7. The van der Waals surface area contributed by atoms with Crippen LogP contribution in [0.4, 0.5) is 5.82 Å². The van der Waals surface area contributed by atoms with Crippen molar-refractivity contribution in [3.63, 3.8) is 0 Å². The zero-order valence-corrected chi connectivity index (χ0v) is 11.8. The van der Waals surface area contributed by atoms with E-state index in [1.54, 1.807) is 6.33 Å². The number of hydrogen-bond acceptors (Lipinski definition) is 4. The minimum Gasteiger partial charge on any atom is -0.350 e. The summed E-state index contributed by atoms with van der Waals surface area (Å²) >= 11 is 0. The summed E-state index contributed by atoms with van der Waals surface area (Å²) in [6, 6.07) is 18.4. The lowest BCUT2D eigenvalue weighted by Crippen LogP contribution is -2.29. The van der Waals surface area contributed by atoms with E-state index in [-0.39, 0.29) is 0 Å². The molecule has 0 saturated heterocycles. The number of nitrogens with two attached hydrogens (primary N) is 1. The van der Waals surface area contributed by atoms with Gasteiger partial charge >= 0.3 is 0 Å². The van der Waals surface area contributed by atoms with Gasteiger partial charge in [-0.25, -0.2) is 9.97 Å². The molecule has 21 heavy (non-hydrogen) atoms. The lowest BCUT2D eigenvalue weighted by atomic mass is 10.2. The van der Waals surface area contributed by atoms with Gasteiger partial charge in [0.2, 0.25) is 0 Å². The molecule has 3 rings (SSSR count). The van der Waals surface area contributed by atoms with Crippen LogP contribution in [0.1, 0.15) is 5.56 Å². The Morgan fingerprint density at radius 1 is 0.905 bits per heavy atom. The third kappa shape index (κ3) is 3.01. The Morgan fingerprint density at radius 2 is 1.67 bits per heavy atom. The molecule has 4 heteroatoms. The molecule has 0 aliphatic heterocycles. The topological polar surface area (TPSA) is 55.0 Å². The van der Waals surface area contributed by atoms with Gasteiger partial charge in [-0.2, -0.15) is 0 Å². The SMILES string of the molecule is NCCN(Cc1ccccc1)c1ncnc2ccccc12. The van der Waals surface area contributed by atoms with Crippen LogP contribution in [0.2, 0.25) is 0 Å². The fourth-order valence-corrected chi connectivity index (χ4v) is 2.46. The minimum atomic E-state index is 0.588. The van der Waals surface area contributed by atoms with Crippen LogP contribution in [-0.2, 0) is 6.54 Å². The Balaban J connectivity index is 1.99. The summed E-state index contributed by atoms with van der Waals surface area (Å²) in [6.45, 7) is 2.14. The first kappa shape index (κ1) is 13.5. The Bertz CT molecular complexity index is 707. The highest BCUT2D eigenvalue weighted by Gasteiger charge is 2.12. The summed E-state index contributed by atoms with van der Waals surface area (Å²) in [6.07, 6.45) is 1.62. The van der Waals surface area contributed by atoms with Crippen LogP contribution in [-0.4, -0.2) is 23.1 Å². The van der Waals surface area contributed by atoms with Crippen molar-refractivity contribution in [3.05, 3.63) is 66.5 Å². The molecule has 1 aromatic heterocycles. The van der Waals surface area contributed by atoms with Crippen LogP contribution in [0.3, 0.4) is 0 Å². The van der Waals surface area contributed by atoms with Gasteiger partial charge in [-0.3, -0.25) is 0 Å². The van der Waals surface area contributed by atoms with E-state index in [9.17, 15) is 0 Å². The van der Waals surface area contributed by atoms with Crippen LogP contribution in [0, 0.1) is 0 Å². The molecule has 0 saturated carbocycles. The molecule has 0 aliphatic carbocycles. The Labute approximate surface area is 124 Å². The number of benzene rings is 2. The fourth-order valence-electron chi connectivity index (χ4n) is 2.46. The zero-order valence-electron chi connectivity index (χ0n) is 11.8. The smallest absolute Gasteiger partial charge is 0.140 e. The van der Waals surface area contributed by atoms with Crippen molar-refractivity contribution in [2.45, 2.75) is 6.54 Å². The summed E-state index contributed by atoms with van der Waals surface area (Å²) in [5, 5.41) is 1.06. The molecule has 0 aliphatic rings. The molecule has 0 fully saturated rings. The second-order valence-electron chi connectivity index (χ2n) is 4.91. The maximum Gasteiger partial charge on any atom is 0.140 e. The highest BCUT2D eigenvalue weighted by atomic mass is 15.2. The fraction of sp³-hybridized carbons (Fsp3) is 0.176. The third-order valence-electron chi connectivity index (χ3n) is 3.44. The first-order valence-corrected chi connectivity index (χ1v) is 7.07. The van der Waals surface area contributed by atoms with Gasteiger partial charge in [-0.15, -0.1) is 0 Å². The van der Waals surface area contributed by atoms with Crippen molar-refractivity contribution in [3.8, 4) is 0 Å². The van der Waals surface area contributed by atoms with Gasteiger partial charge in [0, 0.05) is 25.0 Å². The number of anilines is 1. The lowest BCUT2D eigenvalue weighted by Gasteiger charge is -2.24. The van der Waals surface area contributed by atoms with Crippen molar-refractivity contribution < 1.29 is 0 Å². The zero-order chi connectivity index (χ0) is 14.5. The van der Waals surface area contributed by atoms with Gasteiger partial charge < -0.3 is 10.6 Å². The molecule has 106 valence electrons. The van der Waals surface area contributed by atoms with E-state index >= 15 is 0 Å². The number of aromatic nitrogens is 2. The molecular formula is C17H18N4. The first-order chi connectivity index (χ1) is 10.4. The summed E-state index contributed by atoms with van der Waals surface area (Å²) in [4.78, 5) is 11.0. The van der Waals surface area contributed by atoms with E-state index in [0.717, 1.165) is 29.8 Å². The molecule has 2 N–H and O–H groups in total. The monoisotopic (exact) mass is 278 g/mol. The highest BCUT2D eigenvalue weighted by molar-refractivity contribution is 5.89. The van der Waals surface area contributed by atoms with Gasteiger partial charge in [0.05, 0.1) is 5.52 Å². The lowest BCUT2D eigenvalue weighted by molar-refractivity contribution is 0.778. The van der Waals surface area contributed by atoms with Crippen LogP contribution in [0.15, 0.2) is 60.9 Å². The molecule has 0 spiro atoms. The van der Waals surface area contributed by atoms with E-state index < -0.39 is 0 Å². The standard InChI is InChI=1S/C17H18N4/c18-10-11-21(12-14-6-2-1-3-7-14)17-15-8-4-5-9-16(15)19-13-20-17/h1-9,13H,10-12,18H2. The average Bonchev–Trinajstić information content (AvgIpc) is 2.55. The van der Waals surface area contributed by atoms with E-state index in [1.165, 1.54) is 5.56 Å². The van der Waals surface area contributed by atoms with Gasteiger partial charge in [0.25, 0.3) is 0 Å². The summed E-state index contributed by atoms with van der Waals surface area (Å²) in [7, 11) is 0. The largest absolute Gasteiger partial charge is 0.350 e. The molecule has 0 radical (unpaired) electrons. The van der Waals surface area contributed by atoms with E-state index in [0.29, 0.717) is 6.54 Å². The Hall–Kier alpha value is -2.46. The first-order valence-electron chi connectivity index (χ1n) is 7.07. The number of hydrogen-bond donors (Lipinski definition) is 1. The summed E-state index contributed by atoms with van der Waals surface area (Å²) in [5.74, 6) is 0.940. The van der Waals surface area contributed by atoms with Crippen molar-refractivity contribution in [2.75, 3.05) is 18.0 Å². The molecule has 0 bridgehead atoms. The second kappa shape index (κ2) is 6.33. The third-order valence-corrected chi connectivity index (χ3v) is 3.44. The molecule has 0 atom stereocenters. The van der Waals surface area contributed by atoms with Crippen molar-refractivity contribution >= 4 is 16.7 Å². The van der Waals surface area contributed by atoms with Gasteiger partial charge in [-0.05, 0) is 17.7 Å². The number of fused-ring (bicyclic) bond motifs is 1. The number of nitrogens with zero attached hydrogens (tertiary/aromatic N) is 3. The van der Waals surface area contributed by atoms with Crippen LogP contribution in [0.5, 0.6) is 0 Å². The van der Waals surface area contributed by atoms with Gasteiger partial charge in [0.1, 0.15) is 12.1 Å².